The van der Waals surface area contributed by atoms with Gasteiger partial charge in [-0.15, -0.1) is 0 Å². The molecule has 1 saturated carbocycles. The Labute approximate surface area is 110 Å². The van der Waals surface area contributed by atoms with E-state index in [-0.39, 0.29) is 5.92 Å². The minimum atomic E-state index is -0.842. The van der Waals surface area contributed by atoms with Crippen LogP contribution in [0.5, 0.6) is 0 Å². The minimum absolute atomic E-state index is 0.0219. The number of rotatable bonds is 1. The average Bonchev–Trinajstić information content (AvgIpc) is 2.27. The van der Waals surface area contributed by atoms with E-state index in [1.807, 2.05) is 0 Å². The predicted molar refractivity (Wildman–Crippen MR) is 73.2 cm³/mol. The van der Waals surface area contributed by atoms with Crippen molar-refractivity contribution < 1.29 is 15.3 Å². The van der Waals surface area contributed by atoms with Gasteiger partial charge in [0, 0.05) is 0 Å². The van der Waals surface area contributed by atoms with E-state index in [1.165, 1.54) is 0 Å². The van der Waals surface area contributed by atoms with Crippen molar-refractivity contribution in [3.8, 4) is 0 Å². The van der Waals surface area contributed by atoms with Crippen LogP contribution in [0.4, 0.5) is 0 Å². The molecule has 0 radical (unpaired) electrons. The quantitative estimate of drug-likeness (QED) is 0.628. The van der Waals surface area contributed by atoms with E-state index in [4.69, 9.17) is 0 Å². The molecule has 1 fully saturated rings. The molecule has 3 N–H and O–H groups in total. The van der Waals surface area contributed by atoms with Crippen molar-refractivity contribution in [1.82, 2.24) is 0 Å². The summed E-state index contributed by atoms with van der Waals surface area (Å²) in [6, 6.07) is 0. The second-order valence-electron chi connectivity index (χ2n) is 6.01. The van der Waals surface area contributed by atoms with Crippen molar-refractivity contribution in [1.29, 1.82) is 0 Å². The number of hydrogen-bond acceptors (Lipinski definition) is 3. The van der Waals surface area contributed by atoms with Crippen LogP contribution in [-0.4, -0.2) is 33.1 Å². The topological polar surface area (TPSA) is 60.7 Å². The third-order valence-corrected chi connectivity index (χ3v) is 4.00. The van der Waals surface area contributed by atoms with Crippen molar-refractivity contribution in [2.75, 3.05) is 0 Å². The molecule has 0 heterocycles. The lowest BCUT2D eigenvalue weighted by molar-refractivity contribution is -0.00785. The lowest BCUT2D eigenvalue weighted by atomic mass is 9.79. The van der Waals surface area contributed by atoms with Crippen LogP contribution >= 0.6 is 0 Å². The molecule has 3 atom stereocenters. The van der Waals surface area contributed by atoms with Gasteiger partial charge >= 0.3 is 0 Å². The normalized spacial score (nSPS) is 32.4. The Morgan fingerprint density at radius 1 is 1.00 bits per heavy atom. The molecule has 3 nitrogen and oxygen atoms in total. The van der Waals surface area contributed by atoms with Gasteiger partial charge in [-0.1, -0.05) is 13.2 Å². The third kappa shape index (κ3) is 4.23. The fourth-order valence-corrected chi connectivity index (χ4v) is 2.41. The van der Waals surface area contributed by atoms with Gasteiger partial charge in [0.15, 0.2) is 0 Å². The molecule has 0 aromatic heterocycles. The highest BCUT2D eigenvalue weighted by molar-refractivity contribution is 5.09. The lowest BCUT2D eigenvalue weighted by Gasteiger charge is -2.33. The monoisotopic (exact) mass is 254 g/mol. The maximum absolute atomic E-state index is 10.1. The first-order valence-corrected chi connectivity index (χ1v) is 6.65. The van der Waals surface area contributed by atoms with Crippen LogP contribution in [-0.2, 0) is 0 Å². The Kier molecular flexibility index (Phi) is 5.14. The smallest absolute Gasteiger partial charge is 0.0751 e. The molecule has 0 aromatic carbocycles. The van der Waals surface area contributed by atoms with Gasteiger partial charge in [0.1, 0.15) is 0 Å². The zero-order valence-electron chi connectivity index (χ0n) is 11.5. The van der Waals surface area contributed by atoms with Crippen LogP contribution in [0, 0.1) is 5.92 Å². The predicted octanol–water partition coefficient (Wildman–Crippen LogP) is 2.17. The van der Waals surface area contributed by atoms with Gasteiger partial charge in [0.2, 0.25) is 0 Å². The molecule has 0 amide bonds. The first kappa shape index (κ1) is 15.4. The largest absolute Gasteiger partial charge is 0.390 e. The molecule has 1 aliphatic carbocycles. The fraction of sp³-hybridized carbons (Fsp3) is 0.733. The second-order valence-corrected chi connectivity index (χ2v) is 6.01. The number of hydrogen-bond donors (Lipinski definition) is 3. The number of aliphatic hydroxyl groups is 3. The van der Waals surface area contributed by atoms with E-state index in [0.29, 0.717) is 25.7 Å². The third-order valence-electron chi connectivity index (χ3n) is 4.00. The molecule has 3 heteroatoms. The van der Waals surface area contributed by atoms with Crippen LogP contribution in [0.2, 0.25) is 0 Å². The van der Waals surface area contributed by atoms with Crippen LogP contribution in [0.15, 0.2) is 24.3 Å². The fourth-order valence-electron chi connectivity index (χ4n) is 2.41. The van der Waals surface area contributed by atoms with Gasteiger partial charge in [-0.2, -0.15) is 0 Å². The summed E-state index contributed by atoms with van der Waals surface area (Å²) < 4.78 is 0. The molecule has 0 spiro atoms. The maximum Gasteiger partial charge on any atom is 0.0751 e. The summed E-state index contributed by atoms with van der Waals surface area (Å²) in [6.45, 7) is 11.3. The summed E-state index contributed by atoms with van der Waals surface area (Å²) in [6.07, 6.45) is 1.97. The van der Waals surface area contributed by atoms with Crippen molar-refractivity contribution in [2.24, 2.45) is 5.92 Å². The Balaban J connectivity index is 2.82. The minimum Gasteiger partial charge on any atom is -0.390 e. The summed E-state index contributed by atoms with van der Waals surface area (Å²) in [5.41, 5.74) is 0.706. The number of aliphatic hydroxyl groups excluding tert-OH is 2. The zero-order valence-corrected chi connectivity index (χ0v) is 11.5. The zero-order chi connectivity index (χ0) is 13.9. The van der Waals surface area contributed by atoms with Crippen molar-refractivity contribution in [2.45, 2.75) is 63.8 Å². The Morgan fingerprint density at radius 2 is 1.50 bits per heavy atom. The van der Waals surface area contributed by atoms with Gasteiger partial charge < -0.3 is 15.3 Å². The van der Waals surface area contributed by atoms with Crippen LogP contribution in [0.25, 0.3) is 0 Å². The van der Waals surface area contributed by atoms with Crippen LogP contribution in [0.1, 0.15) is 46.0 Å². The molecule has 1 rings (SSSR count). The summed E-state index contributed by atoms with van der Waals surface area (Å²) in [5, 5.41) is 30.1. The van der Waals surface area contributed by atoms with Crippen molar-refractivity contribution in [3.63, 3.8) is 0 Å². The molecule has 0 unspecified atom stereocenters. The van der Waals surface area contributed by atoms with E-state index in [0.717, 1.165) is 17.6 Å². The summed E-state index contributed by atoms with van der Waals surface area (Å²) in [7, 11) is 0. The summed E-state index contributed by atoms with van der Waals surface area (Å²) in [5.74, 6) is -0.0219. The SMILES string of the molecule is C=C1CC[C@H](C(C)(C)O)C[C@H](O)C(=C)CC[C@@H]1O. The van der Waals surface area contributed by atoms with Crippen LogP contribution < -0.4 is 0 Å². The average molecular weight is 254 g/mol. The van der Waals surface area contributed by atoms with E-state index >= 15 is 0 Å². The van der Waals surface area contributed by atoms with E-state index < -0.39 is 17.8 Å². The van der Waals surface area contributed by atoms with E-state index in [1.54, 1.807) is 13.8 Å². The second kappa shape index (κ2) is 6.00. The molecule has 0 aromatic rings. The first-order chi connectivity index (χ1) is 8.21. The van der Waals surface area contributed by atoms with Crippen molar-refractivity contribution in [3.05, 3.63) is 24.3 Å². The van der Waals surface area contributed by atoms with Gasteiger partial charge in [-0.25, -0.2) is 0 Å². The molecule has 0 aliphatic heterocycles. The highest BCUT2D eigenvalue weighted by Crippen LogP contribution is 2.32. The Bertz CT molecular complexity index is 314. The van der Waals surface area contributed by atoms with Crippen molar-refractivity contribution >= 4 is 0 Å². The van der Waals surface area contributed by atoms with Gasteiger partial charge in [0.25, 0.3) is 0 Å². The molecule has 104 valence electrons. The van der Waals surface area contributed by atoms with Gasteiger partial charge in [0.05, 0.1) is 17.8 Å². The maximum atomic E-state index is 10.1. The highest BCUT2D eigenvalue weighted by Gasteiger charge is 2.30. The standard InChI is InChI=1S/C15H26O3/c1-10-5-7-12(15(3,4)18)9-14(17)11(2)6-8-13(10)16/h12-14,16-18H,1-2,5-9H2,3-4H3/t12-,13-,14-/m0/s1. The summed E-state index contributed by atoms with van der Waals surface area (Å²) in [4.78, 5) is 0. The molecule has 0 bridgehead atoms. The van der Waals surface area contributed by atoms with E-state index in [9.17, 15) is 15.3 Å². The summed E-state index contributed by atoms with van der Waals surface area (Å²) >= 11 is 0. The molecular weight excluding hydrogens is 228 g/mol. The molecule has 18 heavy (non-hydrogen) atoms. The molecular formula is C15H26O3. The Hall–Kier alpha value is -0.640. The molecule has 0 saturated heterocycles. The molecule has 1 aliphatic rings. The van der Waals surface area contributed by atoms with Gasteiger partial charge in [-0.3, -0.25) is 0 Å². The first-order valence-electron chi connectivity index (χ1n) is 6.65. The Morgan fingerprint density at radius 3 is 2.06 bits per heavy atom. The van der Waals surface area contributed by atoms with Crippen LogP contribution in [0.3, 0.4) is 0 Å². The van der Waals surface area contributed by atoms with E-state index in [2.05, 4.69) is 13.2 Å². The lowest BCUT2D eigenvalue weighted by Crippen LogP contribution is -2.35. The van der Waals surface area contributed by atoms with Gasteiger partial charge in [-0.05, 0) is 63.0 Å². The highest BCUT2D eigenvalue weighted by atomic mass is 16.3.